The number of aliphatic carboxylic acids is 1. The number of benzene rings is 3. The van der Waals surface area contributed by atoms with E-state index >= 15 is 0 Å². The van der Waals surface area contributed by atoms with Crippen LogP contribution in [0, 0.1) is 0 Å². The van der Waals surface area contributed by atoms with Crippen molar-refractivity contribution in [2.75, 3.05) is 37.7 Å². The quantitative estimate of drug-likeness (QED) is 0.724. The van der Waals surface area contributed by atoms with Crippen LogP contribution < -0.4 is 9.64 Å². The zero-order valence-corrected chi connectivity index (χ0v) is 16.0. The molecule has 1 N–H and O–H groups in total. The van der Waals surface area contributed by atoms with E-state index in [1.54, 1.807) is 6.07 Å². The fourth-order valence-corrected chi connectivity index (χ4v) is 3.71. The maximum atomic E-state index is 13.1. The zero-order chi connectivity index (χ0) is 20.2. The number of carboxylic acids is 1. The topological polar surface area (TPSA) is 70.1 Å². The van der Waals surface area contributed by atoms with E-state index in [-0.39, 0.29) is 12.5 Å². The van der Waals surface area contributed by atoms with Crippen LogP contribution in [0.4, 0.5) is 5.69 Å². The largest absolute Gasteiger partial charge is 0.480 e. The van der Waals surface area contributed by atoms with Gasteiger partial charge in [0.05, 0.1) is 5.69 Å². The van der Waals surface area contributed by atoms with Crippen LogP contribution in [0.5, 0.6) is 5.75 Å². The number of para-hydroxylation sites is 2. The number of nitrogens with zero attached hydrogens (tertiary/aromatic N) is 2. The summed E-state index contributed by atoms with van der Waals surface area (Å²) >= 11 is 0. The van der Waals surface area contributed by atoms with Crippen molar-refractivity contribution in [3.05, 3.63) is 72.3 Å². The lowest BCUT2D eigenvalue weighted by Crippen LogP contribution is -2.49. The van der Waals surface area contributed by atoms with Crippen LogP contribution in [0.25, 0.3) is 10.8 Å². The summed E-state index contributed by atoms with van der Waals surface area (Å²) in [5, 5.41) is 10.9. The number of rotatable bonds is 5. The molecule has 1 amide bonds. The molecular weight excluding hydrogens is 368 g/mol. The Morgan fingerprint density at radius 2 is 1.55 bits per heavy atom. The predicted octanol–water partition coefficient (Wildman–Crippen LogP) is 3.27. The van der Waals surface area contributed by atoms with E-state index in [4.69, 9.17) is 9.84 Å². The lowest BCUT2D eigenvalue weighted by molar-refractivity contribution is -0.139. The predicted molar refractivity (Wildman–Crippen MR) is 112 cm³/mol. The lowest BCUT2D eigenvalue weighted by Gasteiger charge is -2.36. The Bertz CT molecular complexity index is 1040. The maximum absolute atomic E-state index is 13.1. The van der Waals surface area contributed by atoms with Gasteiger partial charge in [-0.05, 0) is 29.0 Å². The third kappa shape index (κ3) is 4.01. The minimum absolute atomic E-state index is 0.0388. The average Bonchev–Trinajstić information content (AvgIpc) is 2.77. The third-order valence-corrected chi connectivity index (χ3v) is 5.14. The molecule has 6 heteroatoms. The molecular formula is C23H22N2O4. The Kier molecular flexibility index (Phi) is 5.33. The summed E-state index contributed by atoms with van der Waals surface area (Å²) in [7, 11) is 0. The van der Waals surface area contributed by atoms with Crippen LogP contribution in [-0.4, -0.2) is 54.7 Å². The van der Waals surface area contributed by atoms with Gasteiger partial charge in [-0.15, -0.1) is 0 Å². The Balaban J connectivity index is 1.47. The van der Waals surface area contributed by atoms with Gasteiger partial charge >= 0.3 is 5.97 Å². The van der Waals surface area contributed by atoms with Crippen LogP contribution in [0.1, 0.15) is 10.4 Å². The Hall–Kier alpha value is -3.54. The minimum Gasteiger partial charge on any atom is -0.480 e. The molecule has 148 valence electrons. The van der Waals surface area contributed by atoms with Crippen molar-refractivity contribution < 1.29 is 19.4 Å². The minimum atomic E-state index is -1.01. The first-order valence-electron chi connectivity index (χ1n) is 9.59. The monoisotopic (exact) mass is 390 g/mol. The Morgan fingerprint density at radius 3 is 2.34 bits per heavy atom. The second kappa shape index (κ2) is 8.22. The molecule has 1 heterocycles. The highest BCUT2D eigenvalue weighted by molar-refractivity contribution is 6.07. The lowest BCUT2D eigenvalue weighted by atomic mass is 10.0. The van der Waals surface area contributed by atoms with E-state index in [2.05, 4.69) is 4.90 Å². The standard InChI is InChI=1S/C23H22N2O4/c26-22(27)16-29-21-11-4-3-10-20(21)24-12-14-25(15-13-24)23(28)19-9-5-7-17-6-1-2-8-18(17)19/h1-11H,12-16H2,(H,26,27). The van der Waals surface area contributed by atoms with Crippen LogP contribution in [0.3, 0.4) is 0 Å². The smallest absolute Gasteiger partial charge is 0.341 e. The molecule has 0 unspecified atom stereocenters. The number of anilines is 1. The van der Waals surface area contributed by atoms with Crippen molar-refractivity contribution in [2.24, 2.45) is 0 Å². The molecule has 0 spiro atoms. The molecule has 6 nitrogen and oxygen atoms in total. The number of piperazine rings is 1. The van der Waals surface area contributed by atoms with Crippen molar-refractivity contribution in [1.29, 1.82) is 0 Å². The summed E-state index contributed by atoms with van der Waals surface area (Å²) < 4.78 is 5.42. The first-order valence-corrected chi connectivity index (χ1v) is 9.59. The summed E-state index contributed by atoms with van der Waals surface area (Å²) in [4.78, 5) is 27.9. The Labute approximate surface area is 168 Å². The van der Waals surface area contributed by atoms with Crippen molar-refractivity contribution in [3.8, 4) is 5.75 Å². The van der Waals surface area contributed by atoms with Gasteiger partial charge in [0.1, 0.15) is 5.75 Å². The van der Waals surface area contributed by atoms with Crippen molar-refractivity contribution in [3.63, 3.8) is 0 Å². The van der Waals surface area contributed by atoms with Gasteiger partial charge in [0.2, 0.25) is 0 Å². The molecule has 0 aromatic heterocycles. The molecule has 3 aromatic rings. The highest BCUT2D eigenvalue weighted by atomic mass is 16.5. The number of amides is 1. The van der Waals surface area contributed by atoms with Gasteiger partial charge in [-0.3, -0.25) is 4.79 Å². The van der Waals surface area contributed by atoms with E-state index in [1.807, 2.05) is 65.6 Å². The summed E-state index contributed by atoms with van der Waals surface area (Å²) in [6, 6.07) is 21.1. The third-order valence-electron chi connectivity index (χ3n) is 5.14. The Morgan fingerprint density at radius 1 is 0.862 bits per heavy atom. The second-order valence-electron chi connectivity index (χ2n) is 6.96. The second-order valence-corrected chi connectivity index (χ2v) is 6.96. The fourth-order valence-electron chi connectivity index (χ4n) is 3.71. The number of hydrogen-bond acceptors (Lipinski definition) is 4. The molecule has 4 rings (SSSR count). The van der Waals surface area contributed by atoms with Crippen LogP contribution in [0.15, 0.2) is 66.7 Å². The molecule has 3 aromatic carbocycles. The molecule has 0 aliphatic carbocycles. The van der Waals surface area contributed by atoms with Crippen LogP contribution >= 0.6 is 0 Å². The fraction of sp³-hybridized carbons (Fsp3) is 0.217. The number of carboxylic acid groups (broad SMARTS) is 1. The van der Waals surface area contributed by atoms with Gasteiger partial charge in [-0.25, -0.2) is 4.79 Å². The highest BCUT2D eigenvalue weighted by Gasteiger charge is 2.24. The van der Waals surface area contributed by atoms with Gasteiger partial charge in [0.25, 0.3) is 5.91 Å². The molecule has 1 aliphatic heterocycles. The molecule has 0 atom stereocenters. The van der Waals surface area contributed by atoms with Crippen LogP contribution in [-0.2, 0) is 4.79 Å². The number of carbonyl (C=O) groups excluding carboxylic acids is 1. The molecule has 1 fully saturated rings. The molecule has 29 heavy (non-hydrogen) atoms. The highest BCUT2D eigenvalue weighted by Crippen LogP contribution is 2.29. The van der Waals surface area contributed by atoms with Crippen LogP contribution in [0.2, 0.25) is 0 Å². The average molecular weight is 390 g/mol. The van der Waals surface area contributed by atoms with Crippen molar-refractivity contribution in [2.45, 2.75) is 0 Å². The van der Waals surface area contributed by atoms with Gasteiger partial charge in [-0.2, -0.15) is 0 Å². The first kappa shape index (κ1) is 18.8. The van der Waals surface area contributed by atoms with Gasteiger partial charge < -0.3 is 19.6 Å². The summed E-state index contributed by atoms with van der Waals surface area (Å²) in [6.07, 6.45) is 0. The van der Waals surface area contributed by atoms with Crippen molar-refractivity contribution >= 4 is 28.3 Å². The van der Waals surface area contributed by atoms with E-state index in [0.29, 0.717) is 31.9 Å². The maximum Gasteiger partial charge on any atom is 0.341 e. The van der Waals surface area contributed by atoms with Gasteiger partial charge in [0, 0.05) is 31.7 Å². The summed E-state index contributed by atoms with van der Waals surface area (Å²) in [6.45, 7) is 2.12. The number of ether oxygens (including phenoxy) is 1. The molecule has 1 saturated heterocycles. The van der Waals surface area contributed by atoms with E-state index in [0.717, 1.165) is 22.0 Å². The number of fused-ring (bicyclic) bond motifs is 1. The number of hydrogen-bond donors (Lipinski definition) is 1. The van der Waals surface area contributed by atoms with Crippen molar-refractivity contribution in [1.82, 2.24) is 4.90 Å². The van der Waals surface area contributed by atoms with Gasteiger partial charge in [0.15, 0.2) is 6.61 Å². The molecule has 0 bridgehead atoms. The number of carbonyl (C=O) groups is 2. The zero-order valence-electron chi connectivity index (χ0n) is 16.0. The normalized spacial score (nSPS) is 14.1. The SMILES string of the molecule is O=C(O)COc1ccccc1N1CCN(C(=O)c2cccc3ccccc23)CC1. The molecule has 0 saturated carbocycles. The molecule has 1 aliphatic rings. The van der Waals surface area contributed by atoms with E-state index in [9.17, 15) is 9.59 Å². The van der Waals surface area contributed by atoms with E-state index in [1.165, 1.54) is 0 Å². The first-order chi connectivity index (χ1) is 14.1. The van der Waals surface area contributed by atoms with Gasteiger partial charge in [-0.1, -0.05) is 48.5 Å². The molecule has 0 radical (unpaired) electrons. The summed E-state index contributed by atoms with van der Waals surface area (Å²) in [5.41, 5.74) is 1.58. The van der Waals surface area contributed by atoms with E-state index < -0.39 is 5.97 Å². The summed E-state index contributed by atoms with van der Waals surface area (Å²) in [5.74, 6) is -0.425.